The third-order valence-corrected chi connectivity index (χ3v) is 5.08. The van der Waals surface area contributed by atoms with Gasteiger partial charge in [-0.05, 0) is 32.1 Å². The second-order valence-electron chi connectivity index (χ2n) is 7.25. The van der Waals surface area contributed by atoms with Gasteiger partial charge in [0, 0.05) is 0 Å². The fourth-order valence-electron chi connectivity index (χ4n) is 3.51. The number of rotatable bonds is 13. The maximum absolute atomic E-state index is 12.5. The van der Waals surface area contributed by atoms with Crippen LogP contribution in [-0.2, 0) is 14.3 Å². The predicted octanol–water partition coefficient (Wildman–Crippen LogP) is 5.51. The molecule has 1 aliphatic carbocycles. The van der Waals surface area contributed by atoms with Gasteiger partial charge in [0.2, 0.25) is 0 Å². The Kier molecular flexibility index (Phi) is 11.3. The first-order chi connectivity index (χ1) is 12.1. The number of carboxylic acid groups (broad SMARTS) is 1. The lowest BCUT2D eigenvalue weighted by molar-refractivity contribution is -0.162. The lowest BCUT2D eigenvalue weighted by Gasteiger charge is -2.26. The van der Waals surface area contributed by atoms with Gasteiger partial charge in [-0.3, -0.25) is 9.59 Å². The van der Waals surface area contributed by atoms with Crippen LogP contribution in [0.15, 0.2) is 12.2 Å². The number of unbranched alkanes of at least 4 members (excludes halogenated alkanes) is 6. The van der Waals surface area contributed by atoms with Crippen molar-refractivity contribution in [2.45, 2.75) is 97.0 Å². The summed E-state index contributed by atoms with van der Waals surface area (Å²) in [5.74, 6) is -2.39. The van der Waals surface area contributed by atoms with Gasteiger partial charge in [-0.1, -0.05) is 70.9 Å². The first kappa shape index (κ1) is 21.7. The van der Waals surface area contributed by atoms with E-state index in [0.29, 0.717) is 12.8 Å². The molecule has 0 heterocycles. The molecule has 0 aromatic heterocycles. The summed E-state index contributed by atoms with van der Waals surface area (Å²) in [6.07, 6.45) is 16.0. The average molecular weight is 353 g/mol. The third kappa shape index (κ3) is 8.55. The molecule has 0 bridgehead atoms. The molecule has 0 radical (unpaired) electrons. The van der Waals surface area contributed by atoms with Crippen LogP contribution < -0.4 is 0 Å². The van der Waals surface area contributed by atoms with E-state index in [-0.39, 0.29) is 12.1 Å². The summed E-state index contributed by atoms with van der Waals surface area (Å²) in [4.78, 5) is 23.8. The Labute approximate surface area is 153 Å². The van der Waals surface area contributed by atoms with E-state index >= 15 is 0 Å². The molecule has 0 spiro atoms. The third-order valence-electron chi connectivity index (χ3n) is 5.08. The highest BCUT2D eigenvalue weighted by molar-refractivity contribution is 5.81. The largest absolute Gasteiger partial charge is 0.481 e. The van der Waals surface area contributed by atoms with Crippen molar-refractivity contribution in [3.05, 3.63) is 12.2 Å². The Morgan fingerprint density at radius 2 is 1.52 bits per heavy atom. The molecule has 0 aliphatic heterocycles. The molecule has 4 nitrogen and oxygen atoms in total. The Morgan fingerprint density at radius 3 is 2.12 bits per heavy atom. The molecule has 1 N–H and O–H groups in total. The van der Waals surface area contributed by atoms with Crippen molar-refractivity contribution >= 4 is 11.9 Å². The van der Waals surface area contributed by atoms with Crippen LogP contribution in [0.2, 0.25) is 0 Å². The second kappa shape index (κ2) is 13.0. The molecule has 1 rings (SSSR count). The Balaban J connectivity index is 2.38. The molecule has 3 atom stereocenters. The average Bonchev–Trinajstić information content (AvgIpc) is 2.61. The smallest absolute Gasteiger partial charge is 0.310 e. The van der Waals surface area contributed by atoms with Crippen LogP contribution in [0, 0.1) is 11.8 Å². The predicted molar refractivity (Wildman–Crippen MR) is 100 cm³/mol. The minimum atomic E-state index is -0.898. The molecule has 1 aliphatic rings. The van der Waals surface area contributed by atoms with Crippen molar-refractivity contribution in [3.63, 3.8) is 0 Å². The molecule has 0 fully saturated rings. The van der Waals surface area contributed by atoms with E-state index in [1.165, 1.54) is 38.5 Å². The summed E-state index contributed by atoms with van der Waals surface area (Å²) in [5.41, 5.74) is 0. The maximum Gasteiger partial charge on any atom is 0.310 e. The van der Waals surface area contributed by atoms with Gasteiger partial charge in [0.25, 0.3) is 0 Å². The monoisotopic (exact) mass is 352 g/mol. The van der Waals surface area contributed by atoms with Crippen molar-refractivity contribution in [3.8, 4) is 0 Å². The number of hydrogen-bond donors (Lipinski definition) is 1. The molecule has 0 saturated carbocycles. The van der Waals surface area contributed by atoms with Crippen molar-refractivity contribution < 1.29 is 19.4 Å². The number of carbonyl (C=O) groups is 2. The minimum absolute atomic E-state index is 0.0616. The highest BCUT2D eigenvalue weighted by Crippen LogP contribution is 2.28. The molecular weight excluding hydrogens is 316 g/mol. The molecule has 0 aromatic rings. The molecule has 0 aromatic carbocycles. The van der Waals surface area contributed by atoms with E-state index in [9.17, 15) is 14.7 Å². The van der Waals surface area contributed by atoms with Gasteiger partial charge < -0.3 is 9.84 Å². The zero-order valence-corrected chi connectivity index (χ0v) is 16.0. The van der Waals surface area contributed by atoms with Gasteiger partial charge in [-0.15, -0.1) is 0 Å². The highest BCUT2D eigenvalue weighted by atomic mass is 16.5. The van der Waals surface area contributed by atoms with Gasteiger partial charge in [-0.25, -0.2) is 0 Å². The molecule has 4 heteroatoms. The summed E-state index contributed by atoms with van der Waals surface area (Å²) in [7, 11) is 0. The molecule has 25 heavy (non-hydrogen) atoms. The Bertz CT molecular complexity index is 416. The lowest BCUT2D eigenvalue weighted by atomic mass is 9.83. The number of carbonyl (C=O) groups excluding carboxylic acids is 1. The van der Waals surface area contributed by atoms with Gasteiger partial charge >= 0.3 is 11.9 Å². The maximum atomic E-state index is 12.5. The fourth-order valence-corrected chi connectivity index (χ4v) is 3.51. The number of allylic oxidation sites excluding steroid dienone is 2. The van der Waals surface area contributed by atoms with Crippen LogP contribution in [0.5, 0.6) is 0 Å². The summed E-state index contributed by atoms with van der Waals surface area (Å²) in [6.45, 7) is 4.32. The van der Waals surface area contributed by atoms with Crippen molar-refractivity contribution in [1.29, 1.82) is 0 Å². The van der Waals surface area contributed by atoms with Gasteiger partial charge in [-0.2, -0.15) is 0 Å². The van der Waals surface area contributed by atoms with Crippen molar-refractivity contribution in [2.24, 2.45) is 11.8 Å². The second-order valence-corrected chi connectivity index (χ2v) is 7.25. The molecule has 3 unspecified atom stereocenters. The van der Waals surface area contributed by atoms with Crippen LogP contribution in [0.25, 0.3) is 0 Å². The van der Waals surface area contributed by atoms with Crippen LogP contribution in [0.3, 0.4) is 0 Å². The number of hydrogen-bond acceptors (Lipinski definition) is 3. The quantitative estimate of drug-likeness (QED) is 0.270. The summed E-state index contributed by atoms with van der Waals surface area (Å²) >= 11 is 0. The molecular formula is C21H36O4. The van der Waals surface area contributed by atoms with Crippen LogP contribution in [0.4, 0.5) is 0 Å². The Morgan fingerprint density at radius 1 is 0.920 bits per heavy atom. The van der Waals surface area contributed by atoms with Crippen LogP contribution >= 0.6 is 0 Å². The lowest BCUT2D eigenvalue weighted by Crippen LogP contribution is -2.34. The van der Waals surface area contributed by atoms with Crippen molar-refractivity contribution in [2.75, 3.05) is 0 Å². The SMILES string of the molecule is CCCCCCCCCC(CCC)OC(=O)C1CC=CCC1C(=O)O. The number of carboxylic acids is 1. The minimum Gasteiger partial charge on any atom is -0.481 e. The zero-order chi connectivity index (χ0) is 18.5. The van der Waals surface area contributed by atoms with Gasteiger partial charge in [0.1, 0.15) is 6.10 Å². The normalized spacial score (nSPS) is 21.0. The molecule has 0 amide bonds. The van der Waals surface area contributed by atoms with Gasteiger partial charge in [0.05, 0.1) is 11.8 Å². The summed E-state index contributed by atoms with van der Waals surface area (Å²) in [5, 5.41) is 9.32. The van der Waals surface area contributed by atoms with E-state index in [1.807, 2.05) is 12.2 Å². The zero-order valence-electron chi connectivity index (χ0n) is 16.0. The highest BCUT2D eigenvalue weighted by Gasteiger charge is 2.35. The van der Waals surface area contributed by atoms with Crippen LogP contribution in [-0.4, -0.2) is 23.1 Å². The van der Waals surface area contributed by atoms with E-state index in [2.05, 4.69) is 13.8 Å². The van der Waals surface area contributed by atoms with Gasteiger partial charge in [0.15, 0.2) is 0 Å². The number of ether oxygens (including phenoxy) is 1. The van der Waals surface area contributed by atoms with E-state index in [1.54, 1.807) is 0 Å². The summed E-state index contributed by atoms with van der Waals surface area (Å²) in [6, 6.07) is 0. The van der Waals surface area contributed by atoms with Crippen molar-refractivity contribution in [1.82, 2.24) is 0 Å². The first-order valence-electron chi connectivity index (χ1n) is 10.2. The molecule has 0 saturated heterocycles. The van der Waals surface area contributed by atoms with E-state index in [4.69, 9.17) is 4.74 Å². The Hall–Kier alpha value is -1.32. The topological polar surface area (TPSA) is 63.6 Å². The van der Waals surface area contributed by atoms with E-state index < -0.39 is 17.8 Å². The summed E-state index contributed by atoms with van der Waals surface area (Å²) < 4.78 is 5.72. The fraction of sp³-hybridized carbons (Fsp3) is 0.810. The van der Waals surface area contributed by atoms with E-state index in [0.717, 1.165) is 25.7 Å². The number of esters is 1. The standard InChI is InChI=1S/C21H36O4/c1-3-5-6-7-8-9-10-14-17(13-4-2)25-21(24)19-16-12-11-15-18(19)20(22)23/h11-12,17-19H,3-10,13-16H2,1-2H3,(H,22,23). The number of aliphatic carboxylic acids is 1. The first-order valence-corrected chi connectivity index (χ1v) is 10.2. The molecule has 144 valence electrons. The van der Waals surface area contributed by atoms with Crippen LogP contribution in [0.1, 0.15) is 90.9 Å².